The van der Waals surface area contributed by atoms with E-state index in [1.54, 1.807) is 0 Å². The Morgan fingerprint density at radius 2 is 0.514 bits per heavy atom. The van der Waals surface area contributed by atoms with Gasteiger partial charge in [-0.1, -0.05) is 175 Å². The molecule has 0 aliphatic rings. The Bertz CT molecular complexity index is 1230. The van der Waals surface area contributed by atoms with E-state index >= 15 is 0 Å². The minimum absolute atomic E-state index is 0.580. The highest BCUT2D eigenvalue weighted by Crippen LogP contribution is 2.46. The average molecular weight is 531 g/mol. The van der Waals surface area contributed by atoms with Crippen molar-refractivity contribution in [1.82, 2.24) is 0 Å². The Balaban J connectivity index is 1.52. The lowest BCUT2D eigenvalue weighted by atomic mass is 10.4. The van der Waals surface area contributed by atoms with Crippen LogP contribution in [0.3, 0.4) is 0 Å². The molecule has 0 radical (unpaired) electrons. The van der Waals surface area contributed by atoms with E-state index in [2.05, 4.69) is 175 Å². The smallest absolute Gasteiger partial charge is 0.0157 e. The molecule has 0 fully saturated rings. The number of benzene rings is 5. The molecule has 0 N–H and O–H groups in total. The molecule has 0 bridgehead atoms. The average Bonchev–Trinajstić information content (AvgIpc) is 2.99. The Kier molecular flexibility index (Phi) is 9.26. The first-order chi connectivity index (χ1) is 18.4. The van der Waals surface area contributed by atoms with Gasteiger partial charge in [0.1, 0.15) is 0 Å². The maximum atomic E-state index is 2.47. The van der Waals surface area contributed by atoms with Crippen LogP contribution in [0.4, 0.5) is 0 Å². The summed E-state index contributed by atoms with van der Waals surface area (Å²) in [7, 11) is -1.77. The van der Waals surface area contributed by atoms with Gasteiger partial charge in [0.15, 0.2) is 0 Å². The summed E-state index contributed by atoms with van der Waals surface area (Å²) in [5.74, 6) is 9.87. The van der Waals surface area contributed by atoms with Gasteiger partial charge in [-0.25, -0.2) is 0 Å². The van der Waals surface area contributed by atoms with Crippen molar-refractivity contribution < 1.29 is 0 Å². The first-order valence-corrected chi connectivity index (χ1v) is 16.7. The molecule has 0 spiro atoms. The quantitative estimate of drug-likeness (QED) is 0.169. The van der Waals surface area contributed by atoms with Crippen molar-refractivity contribution in [3.05, 3.63) is 175 Å². The second kappa shape index (κ2) is 13.4. The molecular weight excluding hydrogens is 501 g/mol. The largest absolute Gasteiger partial charge is 0.0622 e. The van der Waals surface area contributed by atoms with Gasteiger partial charge in [0.05, 0.1) is 0 Å². The summed E-state index contributed by atoms with van der Waals surface area (Å²) in [4.78, 5) is 0. The summed E-state index contributed by atoms with van der Waals surface area (Å²) in [5, 5.41) is 6.88. The van der Waals surface area contributed by atoms with Crippen LogP contribution >= 0.6 is 23.8 Å². The van der Waals surface area contributed by atoms with Crippen molar-refractivity contribution in [2.75, 3.05) is 0 Å². The van der Waals surface area contributed by atoms with E-state index in [1.807, 2.05) is 0 Å². The van der Waals surface area contributed by atoms with Crippen molar-refractivity contribution in [3.63, 3.8) is 0 Å². The van der Waals surface area contributed by atoms with Gasteiger partial charge in [-0.2, -0.15) is 0 Å². The highest BCUT2D eigenvalue weighted by atomic mass is 31.1. The Morgan fingerprint density at radius 3 is 0.784 bits per heavy atom. The zero-order valence-electron chi connectivity index (χ0n) is 20.6. The van der Waals surface area contributed by atoms with Gasteiger partial charge in [-0.15, -0.1) is 0 Å². The van der Waals surface area contributed by atoms with E-state index in [0.717, 1.165) is 0 Å². The molecule has 0 aliphatic heterocycles. The lowest BCUT2D eigenvalue weighted by molar-refractivity contribution is 1.75. The molecule has 180 valence electrons. The fraction of sp³-hybridized carbons (Fsp3) is 0. The lowest BCUT2D eigenvalue weighted by Crippen LogP contribution is -2.09. The summed E-state index contributed by atoms with van der Waals surface area (Å²) in [6, 6.07) is 54.6. The van der Waals surface area contributed by atoms with Crippen LogP contribution in [0, 0.1) is 0 Å². The molecule has 0 unspecified atom stereocenters. The third-order valence-electron chi connectivity index (χ3n) is 5.94. The highest BCUT2D eigenvalue weighted by molar-refractivity contribution is 7.79. The van der Waals surface area contributed by atoms with Crippen LogP contribution in [-0.4, -0.2) is 0 Å². The molecule has 0 heterocycles. The predicted molar refractivity (Wildman–Crippen MR) is 169 cm³/mol. The molecule has 0 saturated heterocycles. The van der Waals surface area contributed by atoms with Gasteiger partial charge in [0, 0.05) is 0 Å². The highest BCUT2D eigenvalue weighted by Gasteiger charge is 2.14. The molecule has 37 heavy (non-hydrogen) atoms. The molecule has 5 aromatic carbocycles. The summed E-state index contributed by atoms with van der Waals surface area (Å²) in [6.45, 7) is 0. The van der Waals surface area contributed by atoms with Crippen molar-refractivity contribution in [2.45, 2.75) is 0 Å². The summed E-state index contributed by atoms with van der Waals surface area (Å²) in [6.07, 6.45) is 0. The van der Waals surface area contributed by atoms with E-state index in [0.29, 0.717) is 0 Å². The monoisotopic (exact) mass is 530 g/mol. The number of hydrogen-bond acceptors (Lipinski definition) is 0. The molecule has 0 atom stereocenters. The summed E-state index contributed by atoms with van der Waals surface area (Å²) < 4.78 is 0. The van der Waals surface area contributed by atoms with Crippen LogP contribution in [0.5, 0.6) is 0 Å². The van der Waals surface area contributed by atoms with E-state index in [9.17, 15) is 0 Å². The van der Waals surface area contributed by atoms with Crippen LogP contribution in [0.2, 0.25) is 0 Å². The van der Waals surface area contributed by atoms with Crippen molar-refractivity contribution >= 4 is 50.3 Å². The van der Waals surface area contributed by atoms with Crippen LogP contribution < -0.4 is 26.5 Å². The number of rotatable bonds is 9. The van der Waals surface area contributed by atoms with Crippen molar-refractivity contribution in [2.24, 2.45) is 0 Å². The molecule has 0 amide bonds. The molecule has 0 nitrogen and oxygen atoms in total. The third-order valence-corrected chi connectivity index (χ3v) is 12.6. The fourth-order valence-electron chi connectivity index (χ4n) is 4.10. The van der Waals surface area contributed by atoms with Crippen molar-refractivity contribution in [1.29, 1.82) is 0 Å². The SMILES string of the molecule is C(=CP(c1ccccc1)c1ccccc1)P(C=CP(c1ccccc1)c1ccccc1)c1ccccc1. The van der Waals surface area contributed by atoms with Gasteiger partial charge in [0.25, 0.3) is 0 Å². The van der Waals surface area contributed by atoms with E-state index in [1.165, 1.54) is 26.5 Å². The minimum atomic E-state index is -0.611. The standard InChI is InChI=1S/C34H29P3/c1-6-16-30(17-7-1)35(26-28-36(31-18-8-2-9-19-31)32-20-10-3-11-21-32)27-29-37(33-22-12-4-13-23-33)34-24-14-5-15-25-34/h1-29H. The van der Waals surface area contributed by atoms with Crippen LogP contribution in [0.1, 0.15) is 0 Å². The summed E-state index contributed by atoms with van der Waals surface area (Å²) in [5.41, 5.74) is 0. The topological polar surface area (TPSA) is 0 Å². The molecule has 5 rings (SSSR count). The molecule has 3 heteroatoms. The Hall–Kier alpha value is -3.13. The van der Waals surface area contributed by atoms with E-state index < -0.39 is 23.8 Å². The second-order valence-corrected chi connectivity index (χ2v) is 14.5. The van der Waals surface area contributed by atoms with Gasteiger partial charge < -0.3 is 0 Å². The minimum Gasteiger partial charge on any atom is -0.0622 e. The lowest BCUT2D eigenvalue weighted by Gasteiger charge is -2.18. The van der Waals surface area contributed by atoms with Crippen molar-refractivity contribution in [3.8, 4) is 0 Å². The van der Waals surface area contributed by atoms with E-state index in [-0.39, 0.29) is 0 Å². The zero-order chi connectivity index (χ0) is 25.1. The Morgan fingerprint density at radius 1 is 0.270 bits per heavy atom. The fourth-order valence-corrected chi connectivity index (χ4v) is 10.5. The molecule has 0 saturated carbocycles. The first kappa shape index (κ1) is 25.5. The van der Waals surface area contributed by atoms with E-state index in [4.69, 9.17) is 0 Å². The zero-order valence-corrected chi connectivity index (χ0v) is 23.3. The molecule has 0 aliphatic carbocycles. The number of hydrogen-bond donors (Lipinski definition) is 0. The van der Waals surface area contributed by atoms with Gasteiger partial charge in [0.2, 0.25) is 0 Å². The maximum absolute atomic E-state index is 2.47. The molecule has 5 aromatic rings. The first-order valence-electron chi connectivity index (χ1n) is 12.4. The van der Waals surface area contributed by atoms with Gasteiger partial charge >= 0.3 is 0 Å². The van der Waals surface area contributed by atoms with Crippen LogP contribution in [-0.2, 0) is 0 Å². The normalized spacial score (nSPS) is 12.5. The molecular formula is C34H29P3. The van der Waals surface area contributed by atoms with Gasteiger partial charge in [-0.3, -0.25) is 0 Å². The van der Waals surface area contributed by atoms with Crippen LogP contribution in [0.25, 0.3) is 0 Å². The van der Waals surface area contributed by atoms with Crippen LogP contribution in [0.15, 0.2) is 175 Å². The molecule has 0 aromatic heterocycles. The maximum Gasteiger partial charge on any atom is -0.0157 e. The van der Waals surface area contributed by atoms with Gasteiger partial charge in [-0.05, 0) is 50.3 Å². The predicted octanol–water partition coefficient (Wildman–Crippen LogP) is 8.00. The second-order valence-electron chi connectivity index (χ2n) is 8.42. The Labute approximate surface area is 224 Å². The summed E-state index contributed by atoms with van der Waals surface area (Å²) >= 11 is 0. The third kappa shape index (κ3) is 7.01.